The smallest absolute Gasteiger partial charge is 0.249 e. The van der Waals surface area contributed by atoms with Crippen molar-refractivity contribution in [1.29, 1.82) is 0 Å². The number of amides is 1. The van der Waals surface area contributed by atoms with Gasteiger partial charge < -0.3 is 20.6 Å². The van der Waals surface area contributed by atoms with Crippen molar-refractivity contribution < 1.29 is 20.1 Å². The third kappa shape index (κ3) is 23.7. The number of carbonyl (C=O) groups is 1. The van der Waals surface area contributed by atoms with Gasteiger partial charge in [-0.15, -0.1) is 0 Å². The van der Waals surface area contributed by atoms with Crippen LogP contribution in [0.1, 0.15) is 142 Å². The SMILES string of the molecule is C/C=C/CC/C=C/CC/C=C/C(O)C(CO)NC(=O)C(O)CCCCCCCCCCCCCCCCC. The van der Waals surface area contributed by atoms with Gasteiger partial charge in [-0.25, -0.2) is 0 Å². The minimum Gasteiger partial charge on any atom is -0.394 e. The molecule has 0 saturated carbocycles. The van der Waals surface area contributed by atoms with Crippen LogP contribution in [-0.2, 0) is 4.79 Å². The molecular formula is C33H61NO4. The van der Waals surface area contributed by atoms with Crippen LogP contribution in [-0.4, -0.2) is 46.1 Å². The average Bonchev–Trinajstić information content (AvgIpc) is 2.92. The van der Waals surface area contributed by atoms with Crippen molar-refractivity contribution >= 4 is 5.91 Å². The van der Waals surface area contributed by atoms with Crippen molar-refractivity contribution in [1.82, 2.24) is 5.32 Å². The highest BCUT2D eigenvalue weighted by Gasteiger charge is 2.22. The lowest BCUT2D eigenvalue weighted by Gasteiger charge is -2.21. The normalized spacial score (nSPS) is 14.6. The lowest BCUT2D eigenvalue weighted by atomic mass is 10.0. The van der Waals surface area contributed by atoms with E-state index in [9.17, 15) is 20.1 Å². The highest BCUT2D eigenvalue weighted by atomic mass is 16.3. The number of nitrogens with one attached hydrogen (secondary N) is 1. The zero-order valence-electron chi connectivity index (χ0n) is 24.8. The highest BCUT2D eigenvalue weighted by Crippen LogP contribution is 2.14. The molecule has 0 aliphatic carbocycles. The number of aliphatic hydroxyl groups is 3. The second-order valence-electron chi connectivity index (χ2n) is 10.7. The first kappa shape index (κ1) is 36.6. The van der Waals surface area contributed by atoms with Gasteiger partial charge >= 0.3 is 0 Å². The maximum absolute atomic E-state index is 12.3. The Balaban J connectivity index is 3.80. The number of unbranched alkanes of at least 4 members (excludes halogenated alkanes) is 16. The summed E-state index contributed by atoms with van der Waals surface area (Å²) < 4.78 is 0. The van der Waals surface area contributed by atoms with Crippen molar-refractivity contribution in [3.8, 4) is 0 Å². The van der Waals surface area contributed by atoms with Gasteiger partial charge in [-0.1, -0.05) is 140 Å². The Morgan fingerprint density at radius 2 is 1.13 bits per heavy atom. The molecule has 38 heavy (non-hydrogen) atoms. The maximum atomic E-state index is 12.3. The molecule has 3 unspecified atom stereocenters. The van der Waals surface area contributed by atoms with E-state index in [4.69, 9.17) is 0 Å². The van der Waals surface area contributed by atoms with Crippen molar-refractivity contribution in [2.24, 2.45) is 0 Å². The third-order valence-corrected chi connectivity index (χ3v) is 7.06. The van der Waals surface area contributed by atoms with Gasteiger partial charge in [0.1, 0.15) is 6.10 Å². The second kappa shape index (κ2) is 28.6. The fourth-order valence-corrected chi connectivity index (χ4v) is 4.52. The van der Waals surface area contributed by atoms with E-state index in [1.807, 2.05) is 19.1 Å². The molecule has 0 aliphatic heterocycles. The Kier molecular flexibility index (Phi) is 27.5. The minimum absolute atomic E-state index is 0.381. The van der Waals surface area contributed by atoms with E-state index in [1.54, 1.807) is 6.08 Å². The summed E-state index contributed by atoms with van der Waals surface area (Å²) in [4.78, 5) is 12.3. The van der Waals surface area contributed by atoms with Gasteiger partial charge in [0.05, 0.1) is 18.8 Å². The highest BCUT2D eigenvalue weighted by molar-refractivity contribution is 5.80. The third-order valence-electron chi connectivity index (χ3n) is 7.06. The quantitative estimate of drug-likeness (QED) is 0.0641. The molecule has 0 fully saturated rings. The fraction of sp³-hybridized carbons (Fsp3) is 0.788. The summed E-state index contributed by atoms with van der Waals surface area (Å²) in [5, 5.41) is 32.6. The molecule has 0 aromatic rings. The van der Waals surface area contributed by atoms with E-state index >= 15 is 0 Å². The van der Waals surface area contributed by atoms with Gasteiger partial charge in [0.15, 0.2) is 0 Å². The molecule has 0 radical (unpaired) electrons. The van der Waals surface area contributed by atoms with E-state index in [1.165, 1.54) is 77.0 Å². The molecule has 0 rings (SSSR count). The van der Waals surface area contributed by atoms with Crippen LogP contribution in [0.3, 0.4) is 0 Å². The first-order valence-corrected chi connectivity index (χ1v) is 15.8. The first-order chi connectivity index (χ1) is 18.6. The Hall–Kier alpha value is -1.43. The summed E-state index contributed by atoms with van der Waals surface area (Å²) in [6, 6.07) is -0.814. The number of rotatable bonds is 27. The summed E-state index contributed by atoms with van der Waals surface area (Å²) in [6.07, 6.45) is 33.2. The summed E-state index contributed by atoms with van der Waals surface area (Å²) in [7, 11) is 0. The Labute approximate surface area is 234 Å². The molecule has 3 atom stereocenters. The Bertz CT molecular complexity index is 602. The molecule has 4 N–H and O–H groups in total. The van der Waals surface area contributed by atoms with Crippen LogP contribution in [0.15, 0.2) is 36.5 Å². The van der Waals surface area contributed by atoms with Gasteiger partial charge in [-0.05, 0) is 39.0 Å². The number of carbonyl (C=O) groups excluding carboxylic acids is 1. The molecule has 5 heteroatoms. The number of aliphatic hydroxyl groups excluding tert-OH is 3. The van der Waals surface area contributed by atoms with E-state index in [-0.39, 0.29) is 6.61 Å². The Morgan fingerprint density at radius 3 is 1.61 bits per heavy atom. The standard InChI is InChI=1S/C33H61NO4/c1-3-5-7-9-11-13-14-15-16-17-18-20-22-24-26-28-32(37)33(38)34-30(29-35)31(36)27-25-23-21-19-12-10-8-6-4-2/h4,6,12,19,25,27,30-32,35-37H,3,5,7-11,13-18,20-24,26,28-29H2,1-2H3,(H,34,38)/b6-4+,19-12+,27-25+. The molecule has 222 valence electrons. The Morgan fingerprint density at radius 1 is 0.684 bits per heavy atom. The van der Waals surface area contributed by atoms with Crippen LogP contribution in [0.25, 0.3) is 0 Å². The van der Waals surface area contributed by atoms with E-state index in [0.717, 1.165) is 44.9 Å². The summed E-state index contributed by atoms with van der Waals surface area (Å²) in [5.74, 6) is -0.522. The molecule has 0 heterocycles. The van der Waals surface area contributed by atoms with Gasteiger partial charge in [0.2, 0.25) is 5.91 Å². The summed E-state index contributed by atoms with van der Waals surface area (Å²) in [6.45, 7) is 3.90. The molecule has 0 aliphatic rings. The molecular weight excluding hydrogens is 474 g/mol. The summed E-state index contributed by atoms with van der Waals surface area (Å²) in [5.41, 5.74) is 0. The number of hydrogen-bond acceptors (Lipinski definition) is 4. The van der Waals surface area contributed by atoms with Crippen LogP contribution in [0, 0.1) is 0 Å². The van der Waals surface area contributed by atoms with Gasteiger partial charge in [-0.2, -0.15) is 0 Å². The van der Waals surface area contributed by atoms with Crippen molar-refractivity contribution in [3.63, 3.8) is 0 Å². The molecule has 0 spiro atoms. The fourth-order valence-electron chi connectivity index (χ4n) is 4.52. The van der Waals surface area contributed by atoms with Gasteiger partial charge in [-0.3, -0.25) is 4.79 Å². The predicted molar refractivity (Wildman–Crippen MR) is 162 cm³/mol. The minimum atomic E-state index is -1.10. The van der Waals surface area contributed by atoms with Crippen LogP contribution in [0.5, 0.6) is 0 Å². The summed E-state index contributed by atoms with van der Waals surface area (Å²) >= 11 is 0. The lowest BCUT2D eigenvalue weighted by molar-refractivity contribution is -0.131. The van der Waals surface area contributed by atoms with Gasteiger partial charge in [0.25, 0.3) is 0 Å². The molecule has 0 aromatic carbocycles. The van der Waals surface area contributed by atoms with Crippen LogP contribution < -0.4 is 5.32 Å². The van der Waals surface area contributed by atoms with E-state index < -0.39 is 24.2 Å². The van der Waals surface area contributed by atoms with Crippen molar-refractivity contribution in [2.45, 2.75) is 161 Å². The first-order valence-electron chi connectivity index (χ1n) is 15.8. The number of hydrogen-bond donors (Lipinski definition) is 4. The van der Waals surface area contributed by atoms with Crippen LogP contribution >= 0.6 is 0 Å². The van der Waals surface area contributed by atoms with Crippen molar-refractivity contribution in [2.75, 3.05) is 6.61 Å². The second-order valence-corrected chi connectivity index (χ2v) is 10.7. The predicted octanol–water partition coefficient (Wildman–Crippen LogP) is 7.70. The number of allylic oxidation sites excluding steroid dienone is 5. The molecule has 1 amide bonds. The largest absolute Gasteiger partial charge is 0.394 e. The lowest BCUT2D eigenvalue weighted by Crippen LogP contribution is -2.48. The van der Waals surface area contributed by atoms with E-state index in [0.29, 0.717) is 6.42 Å². The molecule has 0 bridgehead atoms. The van der Waals surface area contributed by atoms with Crippen molar-refractivity contribution in [3.05, 3.63) is 36.5 Å². The zero-order valence-corrected chi connectivity index (χ0v) is 24.8. The van der Waals surface area contributed by atoms with E-state index in [2.05, 4.69) is 30.5 Å². The monoisotopic (exact) mass is 535 g/mol. The van der Waals surface area contributed by atoms with Crippen LogP contribution in [0.2, 0.25) is 0 Å². The molecule has 0 aromatic heterocycles. The molecule has 5 nitrogen and oxygen atoms in total. The topological polar surface area (TPSA) is 89.8 Å². The zero-order chi connectivity index (χ0) is 28.1. The maximum Gasteiger partial charge on any atom is 0.249 e. The van der Waals surface area contributed by atoms with Crippen LogP contribution in [0.4, 0.5) is 0 Å². The van der Waals surface area contributed by atoms with Gasteiger partial charge in [0, 0.05) is 0 Å². The molecule has 0 saturated heterocycles. The average molecular weight is 536 g/mol.